The Labute approximate surface area is 238 Å². The third kappa shape index (κ3) is 11.9. The first-order chi connectivity index (χ1) is 18.0. The van der Waals surface area contributed by atoms with E-state index in [4.69, 9.17) is 0 Å². The number of benzene rings is 1. The summed E-state index contributed by atoms with van der Waals surface area (Å²) in [6.07, 6.45) is 5.93. The minimum Gasteiger partial charge on any atom is -0.289 e. The number of amides is 2. The Morgan fingerprint density at radius 1 is 0.974 bits per heavy atom. The summed E-state index contributed by atoms with van der Waals surface area (Å²) >= 11 is 0. The first kappa shape index (κ1) is 34.2. The van der Waals surface area contributed by atoms with E-state index in [2.05, 4.69) is 10.4 Å². The molecule has 0 unspecified atom stereocenters. The highest BCUT2D eigenvalue weighted by Gasteiger charge is 2.36. The van der Waals surface area contributed by atoms with E-state index in [1.165, 1.54) is 0 Å². The average Bonchev–Trinajstić information content (AvgIpc) is 2.89. The minimum absolute atomic E-state index is 0. The second-order valence-corrected chi connectivity index (χ2v) is 12.2. The molecular weight excluding hydrogens is 540 g/mol. The van der Waals surface area contributed by atoms with Crippen LogP contribution in [0.3, 0.4) is 0 Å². The molecule has 39 heavy (non-hydrogen) atoms. The number of hydrogen-bond acceptors (Lipinski definition) is 6. The standard InChI is InChI=1S/C28H40N4O5S.ClH/c1-21(2)19-26(25(28(34)31-35)15-10-13-23-11-6-5-7-12-23)27(33)30-32(20-22(3)4)38(36,37)18-16-24-14-8-9-17-29-24;/h5-14,17,21-22,25-26,35H,15-16,18-20H2,1-4H3,(H,30,33)(H,31,34);1H/t25-,26+;/m0./s1. The van der Waals surface area contributed by atoms with Gasteiger partial charge in [0.05, 0.1) is 17.6 Å². The third-order valence-electron chi connectivity index (χ3n) is 5.94. The highest BCUT2D eigenvalue weighted by atomic mass is 35.5. The molecule has 0 aliphatic carbocycles. The molecule has 3 N–H and O–H groups in total. The van der Waals surface area contributed by atoms with E-state index in [1.54, 1.807) is 36.0 Å². The van der Waals surface area contributed by atoms with E-state index in [1.807, 2.05) is 64.1 Å². The Balaban J connectivity index is 0.00000760. The van der Waals surface area contributed by atoms with Gasteiger partial charge in [-0.2, -0.15) is 0 Å². The average molecular weight is 581 g/mol. The molecule has 0 saturated heterocycles. The van der Waals surface area contributed by atoms with E-state index >= 15 is 0 Å². The summed E-state index contributed by atoms with van der Waals surface area (Å²) in [5, 5.41) is 9.43. The fourth-order valence-corrected chi connectivity index (χ4v) is 5.51. The van der Waals surface area contributed by atoms with Gasteiger partial charge in [-0.3, -0.25) is 25.2 Å². The molecule has 1 aromatic carbocycles. The predicted octanol–water partition coefficient (Wildman–Crippen LogP) is 4.25. The van der Waals surface area contributed by atoms with Gasteiger partial charge in [-0.15, -0.1) is 16.8 Å². The molecule has 2 atom stereocenters. The predicted molar refractivity (Wildman–Crippen MR) is 155 cm³/mol. The van der Waals surface area contributed by atoms with Gasteiger partial charge in [0.2, 0.25) is 21.8 Å². The first-order valence-corrected chi connectivity index (χ1v) is 14.5. The van der Waals surface area contributed by atoms with Crippen molar-refractivity contribution in [3.8, 4) is 0 Å². The molecule has 0 saturated carbocycles. The molecule has 0 aliphatic heterocycles. The van der Waals surface area contributed by atoms with Crippen LogP contribution in [-0.4, -0.2) is 47.1 Å². The van der Waals surface area contributed by atoms with Gasteiger partial charge in [0, 0.05) is 24.9 Å². The normalized spacial score (nSPS) is 13.3. The second kappa shape index (κ2) is 17.0. The number of nitrogens with one attached hydrogen (secondary N) is 2. The number of pyridine rings is 1. The first-order valence-electron chi connectivity index (χ1n) is 12.9. The Hall–Kier alpha value is -2.79. The van der Waals surface area contributed by atoms with Crippen molar-refractivity contribution in [2.45, 2.75) is 47.0 Å². The molecule has 0 aliphatic rings. The topological polar surface area (TPSA) is 129 Å². The Kier molecular flexibility index (Phi) is 14.9. The Bertz CT molecular complexity index is 1150. The van der Waals surface area contributed by atoms with Crippen molar-refractivity contribution in [3.63, 3.8) is 0 Å². The summed E-state index contributed by atoms with van der Waals surface area (Å²) in [7, 11) is -3.88. The maximum absolute atomic E-state index is 13.6. The molecule has 11 heteroatoms. The molecular formula is C28H41ClN4O5S. The van der Waals surface area contributed by atoms with Crippen LogP contribution in [0.2, 0.25) is 0 Å². The van der Waals surface area contributed by atoms with Crippen molar-refractivity contribution in [1.82, 2.24) is 20.3 Å². The highest BCUT2D eigenvalue weighted by Crippen LogP contribution is 2.26. The van der Waals surface area contributed by atoms with E-state index in [0.29, 0.717) is 12.1 Å². The zero-order valence-corrected chi connectivity index (χ0v) is 24.6. The molecule has 9 nitrogen and oxygen atoms in total. The summed E-state index contributed by atoms with van der Waals surface area (Å²) in [5.41, 5.74) is 5.85. The molecule has 0 radical (unpaired) electrons. The monoisotopic (exact) mass is 580 g/mol. The van der Waals surface area contributed by atoms with Gasteiger partial charge in [-0.05, 0) is 42.4 Å². The van der Waals surface area contributed by atoms with Gasteiger partial charge in [0.25, 0.3) is 0 Å². The van der Waals surface area contributed by atoms with Crippen molar-refractivity contribution < 1.29 is 23.2 Å². The van der Waals surface area contributed by atoms with Crippen LogP contribution in [0.4, 0.5) is 0 Å². The number of rotatable bonds is 15. The molecule has 0 bridgehead atoms. The summed E-state index contributed by atoms with van der Waals surface area (Å²) < 4.78 is 27.5. The molecule has 216 valence electrons. The van der Waals surface area contributed by atoms with Crippen LogP contribution in [0.15, 0.2) is 60.8 Å². The Morgan fingerprint density at radius 3 is 2.21 bits per heavy atom. The summed E-state index contributed by atoms with van der Waals surface area (Å²) in [6, 6.07) is 14.8. The van der Waals surface area contributed by atoms with Gasteiger partial charge in [-0.25, -0.2) is 13.9 Å². The molecule has 0 fully saturated rings. The number of nitrogens with zero attached hydrogens (tertiary/aromatic N) is 2. The van der Waals surface area contributed by atoms with Crippen molar-refractivity contribution in [2.24, 2.45) is 23.7 Å². The quantitative estimate of drug-likeness (QED) is 0.213. The number of hydrogen-bond donors (Lipinski definition) is 3. The molecule has 0 spiro atoms. The fourth-order valence-electron chi connectivity index (χ4n) is 4.07. The van der Waals surface area contributed by atoms with Gasteiger partial charge in [0.15, 0.2) is 0 Å². The molecule has 2 aromatic rings. The van der Waals surface area contributed by atoms with E-state index in [9.17, 15) is 23.2 Å². The van der Waals surface area contributed by atoms with Gasteiger partial charge in [-0.1, -0.05) is 76.2 Å². The number of carbonyl (C=O) groups excluding carboxylic acids is 2. The largest absolute Gasteiger partial charge is 0.289 e. The van der Waals surface area contributed by atoms with Crippen molar-refractivity contribution in [3.05, 3.63) is 72.1 Å². The zero-order chi connectivity index (χ0) is 28.1. The van der Waals surface area contributed by atoms with Crippen LogP contribution in [0.25, 0.3) is 6.08 Å². The smallest absolute Gasteiger partial charge is 0.247 e. The number of hydroxylamine groups is 1. The number of hydrazine groups is 1. The van der Waals surface area contributed by atoms with Gasteiger partial charge in [0.1, 0.15) is 0 Å². The summed E-state index contributed by atoms with van der Waals surface area (Å²) in [4.78, 5) is 30.4. The number of carbonyl (C=O) groups is 2. The van der Waals surface area contributed by atoms with Crippen LogP contribution >= 0.6 is 12.4 Å². The number of allylic oxidation sites excluding steroid dienone is 1. The van der Waals surface area contributed by atoms with Gasteiger partial charge >= 0.3 is 0 Å². The maximum atomic E-state index is 13.6. The Morgan fingerprint density at radius 2 is 1.64 bits per heavy atom. The lowest BCUT2D eigenvalue weighted by molar-refractivity contribution is -0.141. The lowest BCUT2D eigenvalue weighted by atomic mass is 9.82. The molecule has 1 heterocycles. The number of sulfonamides is 1. The second-order valence-electron chi connectivity index (χ2n) is 10.2. The number of halogens is 1. The SMILES string of the molecule is CC(C)C[C@@H](C(=O)NN(CC(C)C)S(=O)(=O)CCc1ccccn1)[C@H](CC=Cc1ccccc1)C(=O)NO.Cl. The van der Waals surface area contributed by atoms with Crippen LogP contribution in [0, 0.1) is 23.7 Å². The summed E-state index contributed by atoms with van der Waals surface area (Å²) in [5.74, 6) is -3.31. The highest BCUT2D eigenvalue weighted by molar-refractivity contribution is 7.89. The van der Waals surface area contributed by atoms with E-state index in [0.717, 1.165) is 9.98 Å². The maximum Gasteiger partial charge on any atom is 0.247 e. The minimum atomic E-state index is -3.88. The lowest BCUT2D eigenvalue weighted by Crippen LogP contribution is -2.52. The lowest BCUT2D eigenvalue weighted by Gasteiger charge is -2.30. The molecule has 2 rings (SSSR count). The summed E-state index contributed by atoms with van der Waals surface area (Å²) in [6.45, 7) is 7.63. The van der Waals surface area contributed by atoms with Crippen LogP contribution < -0.4 is 10.9 Å². The van der Waals surface area contributed by atoms with Gasteiger partial charge < -0.3 is 0 Å². The van der Waals surface area contributed by atoms with E-state index in [-0.39, 0.29) is 49.4 Å². The molecule has 2 amide bonds. The molecule has 1 aromatic heterocycles. The zero-order valence-electron chi connectivity index (χ0n) is 23.0. The van der Waals surface area contributed by atoms with Crippen LogP contribution in [0.5, 0.6) is 0 Å². The van der Waals surface area contributed by atoms with Crippen molar-refractivity contribution in [1.29, 1.82) is 0 Å². The van der Waals surface area contributed by atoms with Crippen molar-refractivity contribution in [2.75, 3.05) is 12.3 Å². The number of aromatic nitrogens is 1. The number of aryl methyl sites for hydroxylation is 1. The van der Waals surface area contributed by atoms with Crippen molar-refractivity contribution >= 4 is 40.3 Å². The third-order valence-corrected chi connectivity index (χ3v) is 7.57. The van der Waals surface area contributed by atoms with E-state index < -0.39 is 33.7 Å². The van der Waals surface area contributed by atoms with Crippen LogP contribution in [0.1, 0.15) is 51.8 Å². The van der Waals surface area contributed by atoms with Crippen LogP contribution in [-0.2, 0) is 26.0 Å². The fraction of sp³-hybridized carbons (Fsp3) is 0.464.